The summed E-state index contributed by atoms with van der Waals surface area (Å²) in [7, 11) is 0. The Hall–Kier alpha value is -1.22. The number of fused-ring (bicyclic) bond motifs is 1. The zero-order chi connectivity index (χ0) is 10.8. The van der Waals surface area contributed by atoms with E-state index in [2.05, 4.69) is 12.2 Å². The molecule has 1 aliphatic heterocycles. The number of hydrogen-bond acceptors (Lipinski definition) is 3. The molecule has 3 nitrogen and oxygen atoms in total. The van der Waals surface area contributed by atoms with Gasteiger partial charge in [0.25, 0.3) is 0 Å². The predicted octanol–water partition coefficient (Wildman–Crippen LogP) is 1.94. The topological polar surface area (TPSA) is 41.5 Å². The number of ether oxygens (including phenoxy) is 1. The highest BCUT2D eigenvalue weighted by molar-refractivity contribution is 5.59. The van der Waals surface area contributed by atoms with Gasteiger partial charge in [0.05, 0.1) is 11.7 Å². The molecule has 0 aromatic heterocycles. The summed E-state index contributed by atoms with van der Waals surface area (Å²) in [6, 6.07) is 6.12. The maximum absolute atomic E-state index is 9.80. The van der Waals surface area contributed by atoms with E-state index < -0.39 is 6.10 Å². The molecule has 0 spiro atoms. The van der Waals surface area contributed by atoms with Gasteiger partial charge in [-0.05, 0) is 31.0 Å². The quantitative estimate of drug-likeness (QED) is 0.739. The molecule has 0 saturated carbocycles. The monoisotopic (exact) mass is 207 g/mol. The summed E-state index contributed by atoms with van der Waals surface area (Å²) in [6.07, 6.45) is 0.445. The summed E-state index contributed by atoms with van der Waals surface area (Å²) in [6.45, 7) is 4.45. The first-order valence-electron chi connectivity index (χ1n) is 5.38. The van der Waals surface area contributed by atoms with Gasteiger partial charge >= 0.3 is 0 Å². The maximum Gasteiger partial charge on any atom is 0.142 e. The molecule has 15 heavy (non-hydrogen) atoms. The van der Waals surface area contributed by atoms with Crippen molar-refractivity contribution in [1.82, 2.24) is 0 Å². The number of aliphatic hydroxyl groups excluding tert-OH is 1. The molecule has 2 atom stereocenters. The fraction of sp³-hybridized carbons (Fsp3) is 0.500. The number of hydrogen-bond donors (Lipinski definition) is 2. The molecule has 0 bridgehead atoms. The fourth-order valence-electron chi connectivity index (χ4n) is 1.83. The number of rotatable bonds is 1. The first-order valence-corrected chi connectivity index (χ1v) is 5.38. The Balaban J connectivity index is 2.29. The first kappa shape index (κ1) is 10.3. The van der Waals surface area contributed by atoms with Crippen LogP contribution in [0.3, 0.4) is 0 Å². The highest BCUT2D eigenvalue weighted by Crippen LogP contribution is 2.29. The van der Waals surface area contributed by atoms with Gasteiger partial charge in [0.2, 0.25) is 0 Å². The third-order valence-corrected chi connectivity index (χ3v) is 2.79. The normalized spacial score (nSPS) is 24.7. The predicted molar refractivity (Wildman–Crippen MR) is 60.4 cm³/mol. The Kier molecular flexibility index (Phi) is 2.82. The van der Waals surface area contributed by atoms with Crippen molar-refractivity contribution in [3.63, 3.8) is 0 Å². The van der Waals surface area contributed by atoms with E-state index in [0.29, 0.717) is 6.61 Å². The summed E-state index contributed by atoms with van der Waals surface area (Å²) >= 11 is 0. The molecular formula is C12H17NO2. The summed E-state index contributed by atoms with van der Waals surface area (Å²) in [5.41, 5.74) is 2.14. The fourth-order valence-corrected chi connectivity index (χ4v) is 1.83. The van der Waals surface area contributed by atoms with Gasteiger partial charge in [-0.15, -0.1) is 0 Å². The Morgan fingerprint density at radius 2 is 2.33 bits per heavy atom. The lowest BCUT2D eigenvalue weighted by atomic mass is 10.1. The zero-order valence-corrected chi connectivity index (χ0v) is 9.16. The number of aryl methyl sites for hydroxylation is 1. The zero-order valence-electron chi connectivity index (χ0n) is 9.16. The van der Waals surface area contributed by atoms with Gasteiger partial charge in [-0.25, -0.2) is 0 Å². The Labute approximate surface area is 90.1 Å². The van der Waals surface area contributed by atoms with Crippen molar-refractivity contribution in [2.75, 3.05) is 11.9 Å². The first-order chi connectivity index (χ1) is 7.20. The van der Waals surface area contributed by atoms with Crippen LogP contribution in [0.15, 0.2) is 18.2 Å². The molecular weight excluding hydrogens is 190 g/mol. The molecule has 0 aliphatic carbocycles. The van der Waals surface area contributed by atoms with E-state index in [4.69, 9.17) is 4.74 Å². The van der Waals surface area contributed by atoms with Crippen molar-refractivity contribution in [3.05, 3.63) is 23.8 Å². The minimum Gasteiger partial charge on any atom is -0.489 e. The van der Waals surface area contributed by atoms with Crippen LogP contribution in [-0.4, -0.2) is 23.9 Å². The molecule has 0 saturated heterocycles. The smallest absolute Gasteiger partial charge is 0.142 e. The number of nitrogens with one attached hydrogen (secondary N) is 1. The van der Waals surface area contributed by atoms with Crippen molar-refractivity contribution in [2.45, 2.75) is 32.4 Å². The second-order valence-electron chi connectivity index (χ2n) is 4.04. The molecule has 0 fully saturated rings. The second-order valence-corrected chi connectivity index (χ2v) is 4.04. The molecule has 0 radical (unpaired) electrons. The van der Waals surface area contributed by atoms with Crippen LogP contribution in [0.25, 0.3) is 0 Å². The minimum absolute atomic E-state index is 0.0777. The Bertz CT molecular complexity index is 351. The summed E-state index contributed by atoms with van der Waals surface area (Å²) in [4.78, 5) is 0. The average molecular weight is 207 g/mol. The van der Waals surface area contributed by atoms with Crippen LogP contribution in [0, 0.1) is 6.92 Å². The van der Waals surface area contributed by atoms with Crippen molar-refractivity contribution in [3.8, 4) is 5.75 Å². The van der Waals surface area contributed by atoms with Crippen molar-refractivity contribution in [2.24, 2.45) is 0 Å². The summed E-state index contributed by atoms with van der Waals surface area (Å²) in [5, 5.41) is 13.1. The van der Waals surface area contributed by atoms with Gasteiger partial charge in [-0.2, -0.15) is 0 Å². The third kappa shape index (κ3) is 2.07. The second kappa shape index (κ2) is 4.11. The summed E-state index contributed by atoms with van der Waals surface area (Å²) < 4.78 is 5.56. The maximum atomic E-state index is 9.80. The molecule has 2 rings (SSSR count). The Morgan fingerprint density at radius 1 is 1.53 bits per heavy atom. The van der Waals surface area contributed by atoms with Crippen LogP contribution in [0.2, 0.25) is 0 Å². The van der Waals surface area contributed by atoms with E-state index in [0.717, 1.165) is 17.9 Å². The molecule has 0 unspecified atom stereocenters. The van der Waals surface area contributed by atoms with Gasteiger partial charge in [0, 0.05) is 0 Å². The summed E-state index contributed by atoms with van der Waals surface area (Å²) in [5.74, 6) is 0.838. The van der Waals surface area contributed by atoms with Crippen molar-refractivity contribution < 1.29 is 9.84 Å². The van der Waals surface area contributed by atoms with Crippen LogP contribution >= 0.6 is 0 Å². The minimum atomic E-state index is -0.442. The third-order valence-electron chi connectivity index (χ3n) is 2.79. The van der Waals surface area contributed by atoms with Crippen molar-refractivity contribution >= 4 is 5.69 Å². The largest absolute Gasteiger partial charge is 0.489 e. The van der Waals surface area contributed by atoms with Crippen LogP contribution in [0.5, 0.6) is 5.75 Å². The van der Waals surface area contributed by atoms with Gasteiger partial charge < -0.3 is 15.2 Å². The molecule has 1 heterocycles. The lowest BCUT2D eigenvalue weighted by Crippen LogP contribution is -2.35. The van der Waals surface area contributed by atoms with E-state index in [1.807, 2.05) is 25.1 Å². The van der Waals surface area contributed by atoms with E-state index in [1.165, 1.54) is 5.56 Å². The van der Waals surface area contributed by atoms with Gasteiger partial charge in [-0.3, -0.25) is 0 Å². The average Bonchev–Trinajstić information content (AvgIpc) is 2.38. The van der Waals surface area contributed by atoms with E-state index in [9.17, 15) is 5.11 Å². The van der Waals surface area contributed by atoms with Gasteiger partial charge in [0.1, 0.15) is 18.5 Å². The van der Waals surface area contributed by atoms with E-state index in [1.54, 1.807) is 0 Å². The van der Waals surface area contributed by atoms with Crippen LogP contribution in [-0.2, 0) is 0 Å². The van der Waals surface area contributed by atoms with Gasteiger partial charge in [-0.1, -0.05) is 13.0 Å². The van der Waals surface area contributed by atoms with E-state index >= 15 is 0 Å². The number of benzene rings is 1. The highest BCUT2D eigenvalue weighted by Gasteiger charge is 2.23. The number of anilines is 1. The molecule has 2 N–H and O–H groups in total. The highest BCUT2D eigenvalue weighted by atomic mass is 16.5. The van der Waals surface area contributed by atoms with Crippen LogP contribution < -0.4 is 10.1 Å². The Morgan fingerprint density at radius 3 is 3.07 bits per heavy atom. The standard InChI is InChI=1S/C12H17NO2/c1-3-9-11(14)7-15-12-6-8(2)4-5-10(12)13-9/h4-6,9,11,13-14H,3,7H2,1-2H3/t9-,11-/m1/s1. The molecule has 0 amide bonds. The number of aliphatic hydroxyl groups is 1. The molecule has 82 valence electrons. The molecule has 3 heteroatoms. The van der Waals surface area contributed by atoms with Crippen LogP contribution in [0.1, 0.15) is 18.9 Å². The van der Waals surface area contributed by atoms with Gasteiger partial charge in [0.15, 0.2) is 0 Å². The molecule has 1 aromatic rings. The SMILES string of the molecule is CC[C@H]1Nc2ccc(C)cc2OC[C@H]1O. The molecule has 1 aromatic carbocycles. The van der Waals surface area contributed by atoms with Crippen molar-refractivity contribution in [1.29, 1.82) is 0 Å². The lowest BCUT2D eigenvalue weighted by Gasteiger charge is -2.19. The van der Waals surface area contributed by atoms with Crippen LogP contribution in [0.4, 0.5) is 5.69 Å². The molecule has 1 aliphatic rings. The lowest BCUT2D eigenvalue weighted by molar-refractivity contribution is 0.0953. The van der Waals surface area contributed by atoms with E-state index in [-0.39, 0.29) is 6.04 Å².